The fourth-order valence-electron chi connectivity index (χ4n) is 2.04. The third-order valence-electron chi connectivity index (χ3n) is 3.14. The van der Waals surface area contributed by atoms with E-state index in [4.69, 9.17) is 4.74 Å². The summed E-state index contributed by atoms with van der Waals surface area (Å²) in [4.78, 5) is 3.63. The highest BCUT2D eigenvalue weighted by atomic mass is 32.2. The van der Waals surface area contributed by atoms with E-state index >= 15 is 0 Å². The van der Waals surface area contributed by atoms with Crippen LogP contribution in [0.2, 0.25) is 0 Å². The largest absolute Gasteiger partial charge is 0.474 e. The maximum absolute atomic E-state index is 12.9. The monoisotopic (exact) mass is 288 g/mol. The van der Waals surface area contributed by atoms with Gasteiger partial charge in [0, 0.05) is 19.2 Å². The number of hydrogen-bond donors (Lipinski definition) is 0. The first-order valence-electron chi connectivity index (χ1n) is 6.28. The van der Waals surface area contributed by atoms with E-state index in [1.165, 1.54) is 16.4 Å². The molecular formula is C12H17FN2O3S. The van der Waals surface area contributed by atoms with E-state index in [1.807, 2.05) is 0 Å². The van der Waals surface area contributed by atoms with Crippen LogP contribution in [-0.2, 0) is 10.0 Å². The predicted molar refractivity (Wildman–Crippen MR) is 68.9 cm³/mol. The van der Waals surface area contributed by atoms with Crippen LogP contribution in [0, 0.1) is 5.95 Å². The first-order chi connectivity index (χ1) is 9.01. The van der Waals surface area contributed by atoms with Crippen LogP contribution in [0.5, 0.6) is 5.88 Å². The highest BCUT2D eigenvalue weighted by Gasteiger charge is 2.27. The lowest BCUT2D eigenvalue weighted by Crippen LogP contribution is -2.42. The van der Waals surface area contributed by atoms with E-state index in [0.29, 0.717) is 25.9 Å². The van der Waals surface area contributed by atoms with Gasteiger partial charge in [0.05, 0.1) is 5.75 Å². The second-order valence-corrected chi connectivity index (χ2v) is 6.67. The molecule has 19 heavy (non-hydrogen) atoms. The van der Waals surface area contributed by atoms with Gasteiger partial charge in [-0.2, -0.15) is 9.37 Å². The molecule has 7 heteroatoms. The van der Waals surface area contributed by atoms with E-state index in [0.717, 1.165) is 0 Å². The molecule has 0 radical (unpaired) electrons. The SMILES string of the molecule is CCS(=O)(=O)N1CCC(Oc2cccc(F)n2)CC1. The lowest BCUT2D eigenvalue weighted by atomic mass is 10.1. The Labute approximate surface area is 112 Å². The molecule has 0 bridgehead atoms. The molecule has 0 amide bonds. The second kappa shape index (κ2) is 5.83. The Morgan fingerprint density at radius 1 is 1.42 bits per heavy atom. The number of ether oxygens (including phenoxy) is 1. The number of nitrogens with zero attached hydrogens (tertiary/aromatic N) is 2. The van der Waals surface area contributed by atoms with Crippen molar-refractivity contribution in [2.45, 2.75) is 25.9 Å². The van der Waals surface area contributed by atoms with Gasteiger partial charge in [0.2, 0.25) is 21.9 Å². The maximum Gasteiger partial charge on any atom is 0.216 e. The molecule has 0 unspecified atom stereocenters. The Morgan fingerprint density at radius 2 is 2.11 bits per heavy atom. The number of halogens is 1. The summed E-state index contributed by atoms with van der Waals surface area (Å²) in [6.45, 7) is 2.51. The first kappa shape index (κ1) is 14.2. The van der Waals surface area contributed by atoms with Crippen LogP contribution in [0.3, 0.4) is 0 Å². The Kier molecular flexibility index (Phi) is 4.36. The van der Waals surface area contributed by atoms with Gasteiger partial charge in [-0.25, -0.2) is 12.7 Å². The molecule has 1 fully saturated rings. The molecule has 0 aliphatic carbocycles. The van der Waals surface area contributed by atoms with Gasteiger partial charge in [0.15, 0.2) is 0 Å². The quantitative estimate of drug-likeness (QED) is 0.786. The summed E-state index contributed by atoms with van der Waals surface area (Å²) >= 11 is 0. The van der Waals surface area contributed by atoms with E-state index in [1.54, 1.807) is 13.0 Å². The number of piperidine rings is 1. The molecule has 1 aliphatic rings. The van der Waals surface area contributed by atoms with Gasteiger partial charge in [0.1, 0.15) is 6.10 Å². The van der Waals surface area contributed by atoms with Gasteiger partial charge in [-0.1, -0.05) is 6.07 Å². The molecule has 0 aromatic carbocycles. The molecule has 106 valence electrons. The first-order valence-corrected chi connectivity index (χ1v) is 7.89. The van der Waals surface area contributed by atoms with Crippen LogP contribution >= 0.6 is 0 Å². The van der Waals surface area contributed by atoms with Crippen molar-refractivity contribution >= 4 is 10.0 Å². The molecule has 2 rings (SSSR count). The Balaban J connectivity index is 1.91. The average Bonchev–Trinajstić information content (AvgIpc) is 2.39. The number of pyridine rings is 1. The van der Waals surface area contributed by atoms with Crippen LogP contribution in [0.1, 0.15) is 19.8 Å². The zero-order chi connectivity index (χ0) is 13.9. The molecule has 1 saturated heterocycles. The summed E-state index contributed by atoms with van der Waals surface area (Å²) in [5.41, 5.74) is 0. The minimum atomic E-state index is -3.12. The highest BCUT2D eigenvalue weighted by Crippen LogP contribution is 2.19. The molecule has 1 aromatic heterocycles. The third kappa shape index (κ3) is 3.63. The van der Waals surface area contributed by atoms with Crippen LogP contribution in [0.4, 0.5) is 4.39 Å². The van der Waals surface area contributed by atoms with Crippen molar-refractivity contribution in [2.24, 2.45) is 0 Å². The Hall–Kier alpha value is -1.21. The van der Waals surface area contributed by atoms with Crippen molar-refractivity contribution in [3.8, 4) is 5.88 Å². The van der Waals surface area contributed by atoms with Crippen molar-refractivity contribution in [3.05, 3.63) is 24.1 Å². The smallest absolute Gasteiger partial charge is 0.216 e. The molecule has 0 atom stereocenters. The minimum absolute atomic E-state index is 0.113. The van der Waals surface area contributed by atoms with Crippen molar-refractivity contribution in [1.82, 2.24) is 9.29 Å². The fraction of sp³-hybridized carbons (Fsp3) is 0.583. The number of rotatable bonds is 4. The number of hydrogen-bond acceptors (Lipinski definition) is 4. The third-order valence-corrected chi connectivity index (χ3v) is 5.02. The molecule has 1 aromatic rings. The van der Waals surface area contributed by atoms with Crippen molar-refractivity contribution < 1.29 is 17.5 Å². The van der Waals surface area contributed by atoms with Gasteiger partial charge in [0.25, 0.3) is 0 Å². The standard InChI is InChI=1S/C12H17FN2O3S/c1-2-19(16,17)15-8-6-10(7-9-15)18-12-5-3-4-11(13)14-12/h3-5,10H,2,6-9H2,1H3. The Bertz CT molecular complexity index is 528. The van der Waals surface area contributed by atoms with Gasteiger partial charge in [-0.3, -0.25) is 0 Å². The van der Waals surface area contributed by atoms with Crippen LogP contribution < -0.4 is 4.74 Å². The maximum atomic E-state index is 12.9. The van der Waals surface area contributed by atoms with Gasteiger partial charge in [-0.15, -0.1) is 0 Å². The molecular weight excluding hydrogens is 271 g/mol. The van der Waals surface area contributed by atoms with Crippen LogP contribution in [0.15, 0.2) is 18.2 Å². The molecule has 0 saturated carbocycles. The van der Waals surface area contributed by atoms with Gasteiger partial charge in [-0.05, 0) is 25.8 Å². The second-order valence-electron chi connectivity index (χ2n) is 4.42. The topological polar surface area (TPSA) is 59.5 Å². The van der Waals surface area contributed by atoms with E-state index in [-0.39, 0.29) is 17.7 Å². The average molecular weight is 288 g/mol. The summed E-state index contributed by atoms with van der Waals surface area (Å²) < 4.78 is 43.3. The zero-order valence-electron chi connectivity index (χ0n) is 10.8. The summed E-state index contributed by atoms with van der Waals surface area (Å²) in [5.74, 6) is -0.218. The van der Waals surface area contributed by atoms with Crippen LogP contribution in [0.25, 0.3) is 0 Å². The summed E-state index contributed by atoms with van der Waals surface area (Å²) in [7, 11) is -3.12. The van der Waals surface area contributed by atoms with Crippen molar-refractivity contribution in [3.63, 3.8) is 0 Å². The minimum Gasteiger partial charge on any atom is -0.474 e. The number of sulfonamides is 1. The normalized spacial score (nSPS) is 18.4. The zero-order valence-corrected chi connectivity index (χ0v) is 11.6. The number of aromatic nitrogens is 1. The van der Waals surface area contributed by atoms with Gasteiger partial charge < -0.3 is 4.74 Å². The summed E-state index contributed by atoms with van der Waals surface area (Å²) in [6, 6.07) is 4.38. The molecule has 0 N–H and O–H groups in total. The highest BCUT2D eigenvalue weighted by molar-refractivity contribution is 7.89. The fourth-order valence-corrected chi connectivity index (χ4v) is 3.17. The van der Waals surface area contributed by atoms with E-state index in [9.17, 15) is 12.8 Å². The van der Waals surface area contributed by atoms with E-state index < -0.39 is 16.0 Å². The molecule has 1 aliphatic heterocycles. The van der Waals surface area contributed by atoms with Crippen molar-refractivity contribution in [2.75, 3.05) is 18.8 Å². The lowest BCUT2D eigenvalue weighted by Gasteiger charge is -2.30. The summed E-state index contributed by atoms with van der Waals surface area (Å²) in [6.07, 6.45) is 1.08. The lowest BCUT2D eigenvalue weighted by molar-refractivity contribution is 0.129. The van der Waals surface area contributed by atoms with Gasteiger partial charge >= 0.3 is 0 Å². The molecule has 2 heterocycles. The van der Waals surface area contributed by atoms with Crippen molar-refractivity contribution in [1.29, 1.82) is 0 Å². The predicted octanol–water partition coefficient (Wildman–Crippen LogP) is 1.41. The Morgan fingerprint density at radius 3 is 2.68 bits per heavy atom. The summed E-state index contributed by atoms with van der Waals surface area (Å²) in [5, 5.41) is 0. The molecule has 5 nitrogen and oxygen atoms in total. The molecule has 0 spiro atoms. The van der Waals surface area contributed by atoms with Crippen LogP contribution in [-0.4, -0.2) is 42.7 Å². The van der Waals surface area contributed by atoms with E-state index in [2.05, 4.69) is 4.98 Å².